The zero-order valence-electron chi connectivity index (χ0n) is 19.1. The number of sulfonamides is 1. The Morgan fingerprint density at radius 3 is 2.42 bits per heavy atom. The standard InChI is InChI=1S/C24H34N2O4S/c1-18(2)22-13-6-7-14-23(22)26(31(5,28)29)17-24(27)25-15-9-11-20-10-8-12-21(16-20)30-19(3)4/h6-8,10,12-14,16,18-19H,9,11,15,17H2,1-5H3,(H,25,27). The molecule has 2 rings (SSSR count). The van der Waals surface area contributed by atoms with Crippen LogP contribution in [0.5, 0.6) is 5.75 Å². The number of benzene rings is 2. The van der Waals surface area contributed by atoms with Crippen molar-refractivity contribution in [2.24, 2.45) is 0 Å². The van der Waals surface area contributed by atoms with Crippen LogP contribution < -0.4 is 14.4 Å². The molecule has 1 amide bonds. The monoisotopic (exact) mass is 446 g/mol. The molecule has 0 radical (unpaired) electrons. The lowest BCUT2D eigenvalue weighted by Gasteiger charge is -2.25. The molecule has 2 aromatic carbocycles. The second kappa shape index (κ2) is 11.2. The number of carbonyl (C=O) groups is 1. The van der Waals surface area contributed by atoms with Crippen LogP contribution in [0.25, 0.3) is 0 Å². The average molecular weight is 447 g/mol. The number of ether oxygens (including phenoxy) is 1. The van der Waals surface area contributed by atoms with E-state index in [2.05, 4.69) is 5.32 Å². The molecule has 1 N–H and O–H groups in total. The Hall–Kier alpha value is -2.54. The van der Waals surface area contributed by atoms with E-state index >= 15 is 0 Å². The van der Waals surface area contributed by atoms with E-state index in [-0.39, 0.29) is 24.5 Å². The van der Waals surface area contributed by atoms with E-state index < -0.39 is 10.0 Å². The SMILES string of the molecule is CC(C)Oc1cccc(CCCNC(=O)CN(c2ccccc2C(C)C)S(C)(=O)=O)c1. The Balaban J connectivity index is 1.95. The lowest BCUT2D eigenvalue weighted by atomic mass is 10.0. The molecule has 0 aromatic heterocycles. The van der Waals surface area contributed by atoms with Gasteiger partial charge in [0.1, 0.15) is 12.3 Å². The van der Waals surface area contributed by atoms with Crippen molar-refractivity contribution in [2.45, 2.75) is 52.6 Å². The molecule has 2 aromatic rings. The summed E-state index contributed by atoms with van der Waals surface area (Å²) in [4.78, 5) is 12.5. The third kappa shape index (κ3) is 7.90. The Kier molecular flexibility index (Phi) is 8.92. The minimum atomic E-state index is -3.60. The van der Waals surface area contributed by atoms with Gasteiger partial charge in [-0.25, -0.2) is 8.42 Å². The van der Waals surface area contributed by atoms with E-state index in [0.717, 1.165) is 36.0 Å². The average Bonchev–Trinajstić information content (AvgIpc) is 2.68. The number of para-hydroxylation sites is 1. The number of carbonyl (C=O) groups excluding carboxylic acids is 1. The minimum Gasteiger partial charge on any atom is -0.491 e. The molecule has 0 saturated carbocycles. The molecule has 0 aliphatic carbocycles. The van der Waals surface area contributed by atoms with Gasteiger partial charge in [0.05, 0.1) is 18.0 Å². The molecule has 6 nitrogen and oxygen atoms in total. The number of amides is 1. The normalized spacial score (nSPS) is 11.6. The molecule has 0 bridgehead atoms. The maximum Gasteiger partial charge on any atom is 0.240 e. The van der Waals surface area contributed by atoms with E-state index in [1.54, 1.807) is 12.1 Å². The number of hydrogen-bond acceptors (Lipinski definition) is 4. The van der Waals surface area contributed by atoms with Gasteiger partial charge in [-0.1, -0.05) is 44.2 Å². The lowest BCUT2D eigenvalue weighted by Crippen LogP contribution is -2.41. The predicted molar refractivity (Wildman–Crippen MR) is 126 cm³/mol. The highest BCUT2D eigenvalue weighted by Gasteiger charge is 2.23. The summed E-state index contributed by atoms with van der Waals surface area (Å²) in [6.45, 7) is 8.21. The molecule has 0 heterocycles. The maximum absolute atomic E-state index is 12.5. The van der Waals surface area contributed by atoms with Crippen molar-refractivity contribution in [2.75, 3.05) is 23.7 Å². The fourth-order valence-electron chi connectivity index (χ4n) is 3.34. The largest absolute Gasteiger partial charge is 0.491 e. The molecule has 31 heavy (non-hydrogen) atoms. The summed E-state index contributed by atoms with van der Waals surface area (Å²) in [6, 6.07) is 15.2. The molecule has 170 valence electrons. The Morgan fingerprint density at radius 1 is 1.06 bits per heavy atom. The summed E-state index contributed by atoms with van der Waals surface area (Å²) >= 11 is 0. The number of rotatable bonds is 11. The third-order valence-electron chi connectivity index (χ3n) is 4.75. The molecule has 0 unspecified atom stereocenters. The second-order valence-corrected chi connectivity index (χ2v) is 10.2. The fraction of sp³-hybridized carbons (Fsp3) is 0.458. The van der Waals surface area contributed by atoms with E-state index in [1.807, 2.05) is 64.1 Å². The van der Waals surface area contributed by atoms with Gasteiger partial charge in [-0.2, -0.15) is 0 Å². The molecular formula is C24H34N2O4S. The van der Waals surface area contributed by atoms with Crippen LogP contribution in [0.4, 0.5) is 5.69 Å². The van der Waals surface area contributed by atoms with Crippen molar-refractivity contribution in [3.05, 3.63) is 59.7 Å². The molecule has 0 fully saturated rings. The van der Waals surface area contributed by atoms with Gasteiger partial charge in [-0.3, -0.25) is 9.10 Å². The first-order valence-electron chi connectivity index (χ1n) is 10.7. The van der Waals surface area contributed by atoms with Crippen LogP contribution in [0.3, 0.4) is 0 Å². The molecule has 0 saturated heterocycles. The van der Waals surface area contributed by atoms with E-state index in [9.17, 15) is 13.2 Å². The van der Waals surface area contributed by atoms with Gasteiger partial charge in [0.2, 0.25) is 15.9 Å². The Morgan fingerprint density at radius 2 is 1.77 bits per heavy atom. The highest BCUT2D eigenvalue weighted by molar-refractivity contribution is 7.92. The first-order valence-corrected chi connectivity index (χ1v) is 12.5. The summed E-state index contributed by atoms with van der Waals surface area (Å²) in [7, 11) is -3.60. The van der Waals surface area contributed by atoms with Gasteiger partial charge < -0.3 is 10.1 Å². The Bertz CT molecular complexity index is 971. The highest BCUT2D eigenvalue weighted by Crippen LogP contribution is 2.28. The molecular weight excluding hydrogens is 412 g/mol. The van der Waals surface area contributed by atoms with Gasteiger partial charge in [0, 0.05) is 6.54 Å². The van der Waals surface area contributed by atoms with Crippen LogP contribution in [0.2, 0.25) is 0 Å². The van der Waals surface area contributed by atoms with Crippen LogP contribution in [0.1, 0.15) is 51.2 Å². The van der Waals surface area contributed by atoms with Crippen molar-refractivity contribution in [3.63, 3.8) is 0 Å². The number of nitrogens with one attached hydrogen (secondary N) is 1. The summed E-state index contributed by atoms with van der Waals surface area (Å²) in [5, 5.41) is 2.84. The van der Waals surface area contributed by atoms with Crippen molar-refractivity contribution in [3.8, 4) is 5.75 Å². The van der Waals surface area contributed by atoms with Gasteiger partial charge in [-0.15, -0.1) is 0 Å². The van der Waals surface area contributed by atoms with Crippen molar-refractivity contribution in [1.29, 1.82) is 0 Å². The second-order valence-electron chi connectivity index (χ2n) is 8.25. The first kappa shape index (κ1) is 24.7. The van der Waals surface area contributed by atoms with Gasteiger partial charge in [0.25, 0.3) is 0 Å². The number of anilines is 1. The summed E-state index contributed by atoms with van der Waals surface area (Å²) in [6.07, 6.45) is 2.79. The number of aryl methyl sites for hydroxylation is 1. The van der Waals surface area contributed by atoms with Gasteiger partial charge in [-0.05, 0) is 61.9 Å². The van der Waals surface area contributed by atoms with E-state index in [0.29, 0.717) is 12.2 Å². The predicted octanol–water partition coefficient (Wildman–Crippen LogP) is 4.11. The fourth-order valence-corrected chi connectivity index (χ4v) is 4.21. The van der Waals surface area contributed by atoms with Crippen LogP contribution in [-0.4, -0.2) is 39.8 Å². The zero-order valence-corrected chi connectivity index (χ0v) is 19.9. The summed E-state index contributed by atoms with van der Waals surface area (Å²) in [5.74, 6) is 0.656. The van der Waals surface area contributed by atoms with E-state index in [4.69, 9.17) is 4.74 Å². The Labute approximate surface area is 186 Å². The van der Waals surface area contributed by atoms with Crippen molar-refractivity contribution >= 4 is 21.6 Å². The summed E-state index contributed by atoms with van der Waals surface area (Å²) in [5.41, 5.74) is 2.58. The van der Waals surface area contributed by atoms with Gasteiger partial charge in [0.15, 0.2) is 0 Å². The smallest absolute Gasteiger partial charge is 0.240 e. The molecule has 0 atom stereocenters. The molecule has 0 spiro atoms. The number of nitrogens with zero attached hydrogens (tertiary/aromatic N) is 1. The molecule has 7 heteroatoms. The topological polar surface area (TPSA) is 75.7 Å². The van der Waals surface area contributed by atoms with Crippen LogP contribution in [0.15, 0.2) is 48.5 Å². The summed E-state index contributed by atoms with van der Waals surface area (Å²) < 4.78 is 31.7. The van der Waals surface area contributed by atoms with Crippen LogP contribution in [0, 0.1) is 0 Å². The quantitative estimate of drug-likeness (QED) is 0.527. The first-order chi connectivity index (χ1) is 14.6. The lowest BCUT2D eigenvalue weighted by molar-refractivity contribution is -0.119. The molecule has 0 aliphatic heterocycles. The number of hydrogen-bond donors (Lipinski definition) is 1. The van der Waals surface area contributed by atoms with Gasteiger partial charge >= 0.3 is 0 Å². The van der Waals surface area contributed by atoms with E-state index in [1.165, 1.54) is 4.31 Å². The highest BCUT2D eigenvalue weighted by atomic mass is 32.2. The van der Waals surface area contributed by atoms with Crippen LogP contribution >= 0.6 is 0 Å². The van der Waals surface area contributed by atoms with Crippen LogP contribution in [-0.2, 0) is 21.2 Å². The molecule has 0 aliphatic rings. The minimum absolute atomic E-state index is 0.119. The third-order valence-corrected chi connectivity index (χ3v) is 5.88. The zero-order chi connectivity index (χ0) is 23.0. The van der Waals surface area contributed by atoms with Crippen molar-refractivity contribution < 1.29 is 17.9 Å². The maximum atomic E-state index is 12.5. The van der Waals surface area contributed by atoms with Crippen molar-refractivity contribution in [1.82, 2.24) is 5.32 Å².